The fourth-order valence-electron chi connectivity index (χ4n) is 2.44. The maximum Gasteiger partial charge on any atom is 0.258 e. The summed E-state index contributed by atoms with van der Waals surface area (Å²) in [5.74, 6) is 0.187. The van der Waals surface area contributed by atoms with Gasteiger partial charge in [-0.1, -0.05) is 18.2 Å². The lowest BCUT2D eigenvalue weighted by atomic mass is 10.1. The molecule has 0 radical (unpaired) electrons. The van der Waals surface area contributed by atoms with Crippen LogP contribution in [-0.2, 0) is 0 Å². The molecule has 0 saturated heterocycles. The Labute approximate surface area is 154 Å². The monoisotopic (exact) mass is 396 g/mol. The quantitative estimate of drug-likeness (QED) is 0.661. The van der Waals surface area contributed by atoms with E-state index in [0.29, 0.717) is 11.5 Å². The predicted molar refractivity (Wildman–Crippen MR) is 103 cm³/mol. The van der Waals surface area contributed by atoms with Crippen LogP contribution >= 0.6 is 15.9 Å². The van der Waals surface area contributed by atoms with Crippen LogP contribution in [0.5, 0.6) is 0 Å². The molecule has 0 aliphatic heterocycles. The normalized spacial score (nSPS) is 10.4. The van der Waals surface area contributed by atoms with Crippen molar-refractivity contribution >= 4 is 39.2 Å². The zero-order chi connectivity index (χ0) is 17.8. The van der Waals surface area contributed by atoms with Gasteiger partial charge >= 0.3 is 0 Å². The average molecular weight is 397 g/mol. The summed E-state index contributed by atoms with van der Waals surface area (Å²) >= 11 is 3.46. The molecular weight excluding hydrogens is 380 g/mol. The molecule has 0 aliphatic carbocycles. The summed E-state index contributed by atoms with van der Waals surface area (Å²) in [6.45, 7) is 3.99. The van der Waals surface area contributed by atoms with E-state index in [1.807, 2.05) is 50.2 Å². The van der Waals surface area contributed by atoms with Crippen molar-refractivity contribution in [3.05, 3.63) is 76.0 Å². The molecule has 25 heavy (non-hydrogen) atoms. The summed E-state index contributed by atoms with van der Waals surface area (Å²) in [6.07, 6.45) is 3.01. The molecule has 5 nitrogen and oxygen atoms in total. The van der Waals surface area contributed by atoms with E-state index in [-0.39, 0.29) is 5.91 Å². The largest absolute Gasteiger partial charge is 0.323 e. The SMILES string of the molecule is Cc1cc(C)cc(NC(=O)c2cnc(Nc3ccccc3Br)nc2)c1. The van der Waals surface area contributed by atoms with Gasteiger partial charge in [0.25, 0.3) is 5.91 Å². The third-order valence-corrected chi connectivity index (χ3v) is 4.21. The summed E-state index contributed by atoms with van der Waals surface area (Å²) < 4.78 is 0.912. The number of aromatic nitrogens is 2. The van der Waals surface area contributed by atoms with E-state index in [1.54, 1.807) is 0 Å². The van der Waals surface area contributed by atoms with Crippen LogP contribution in [0.15, 0.2) is 59.3 Å². The molecule has 0 fully saturated rings. The minimum absolute atomic E-state index is 0.238. The summed E-state index contributed by atoms with van der Waals surface area (Å²) in [4.78, 5) is 20.8. The fraction of sp³-hybridized carbons (Fsp3) is 0.105. The number of hydrogen-bond donors (Lipinski definition) is 2. The lowest BCUT2D eigenvalue weighted by Gasteiger charge is -2.09. The smallest absolute Gasteiger partial charge is 0.258 e. The van der Waals surface area contributed by atoms with Gasteiger partial charge in [0.05, 0.1) is 11.3 Å². The van der Waals surface area contributed by atoms with Gasteiger partial charge in [-0.3, -0.25) is 4.79 Å². The first kappa shape index (κ1) is 17.1. The topological polar surface area (TPSA) is 66.9 Å². The maximum absolute atomic E-state index is 12.3. The molecular formula is C19H17BrN4O. The maximum atomic E-state index is 12.3. The zero-order valence-corrected chi connectivity index (χ0v) is 15.5. The van der Waals surface area contributed by atoms with Crippen molar-refractivity contribution in [1.82, 2.24) is 9.97 Å². The minimum atomic E-state index is -0.238. The highest BCUT2D eigenvalue weighted by atomic mass is 79.9. The lowest BCUT2D eigenvalue weighted by Crippen LogP contribution is -2.13. The van der Waals surface area contributed by atoms with E-state index in [1.165, 1.54) is 12.4 Å². The van der Waals surface area contributed by atoms with Gasteiger partial charge in [0.15, 0.2) is 0 Å². The van der Waals surface area contributed by atoms with Gasteiger partial charge in [-0.2, -0.15) is 0 Å². The fourth-order valence-corrected chi connectivity index (χ4v) is 2.83. The molecule has 0 aliphatic rings. The first-order valence-electron chi connectivity index (χ1n) is 7.74. The van der Waals surface area contributed by atoms with Crippen molar-refractivity contribution in [2.75, 3.05) is 10.6 Å². The number of hydrogen-bond acceptors (Lipinski definition) is 4. The van der Waals surface area contributed by atoms with Crippen molar-refractivity contribution in [3.63, 3.8) is 0 Å². The van der Waals surface area contributed by atoms with Gasteiger partial charge < -0.3 is 10.6 Å². The van der Waals surface area contributed by atoms with Crippen LogP contribution in [0.3, 0.4) is 0 Å². The molecule has 126 valence electrons. The van der Waals surface area contributed by atoms with Gasteiger partial charge in [-0.25, -0.2) is 9.97 Å². The number of nitrogens with zero attached hydrogens (tertiary/aromatic N) is 2. The second-order valence-corrected chi connectivity index (χ2v) is 6.59. The Morgan fingerprint density at radius 3 is 2.28 bits per heavy atom. The van der Waals surface area contributed by atoms with Crippen LogP contribution in [0.2, 0.25) is 0 Å². The van der Waals surface area contributed by atoms with Crippen molar-refractivity contribution < 1.29 is 4.79 Å². The molecule has 0 atom stereocenters. The number of nitrogens with one attached hydrogen (secondary N) is 2. The standard InChI is InChI=1S/C19H17BrN4O/c1-12-7-13(2)9-15(8-12)23-18(25)14-10-21-19(22-11-14)24-17-6-4-3-5-16(17)20/h3-11H,1-2H3,(H,23,25)(H,21,22,24). The molecule has 2 N–H and O–H groups in total. The van der Waals surface area contributed by atoms with Gasteiger partial charge in [-0.15, -0.1) is 0 Å². The number of rotatable bonds is 4. The van der Waals surface area contributed by atoms with Crippen LogP contribution in [0, 0.1) is 13.8 Å². The number of benzene rings is 2. The van der Waals surface area contributed by atoms with Crippen LogP contribution in [-0.4, -0.2) is 15.9 Å². The first-order chi connectivity index (χ1) is 12.0. The van der Waals surface area contributed by atoms with Crippen molar-refractivity contribution in [2.24, 2.45) is 0 Å². The zero-order valence-electron chi connectivity index (χ0n) is 13.9. The Morgan fingerprint density at radius 1 is 1.00 bits per heavy atom. The number of aryl methyl sites for hydroxylation is 2. The summed E-state index contributed by atoms with van der Waals surface area (Å²) in [7, 11) is 0. The molecule has 1 amide bonds. The molecule has 0 unspecified atom stereocenters. The predicted octanol–water partition coefficient (Wildman–Crippen LogP) is 4.85. The van der Waals surface area contributed by atoms with Crippen LogP contribution in [0.4, 0.5) is 17.3 Å². The Balaban J connectivity index is 1.71. The molecule has 0 saturated carbocycles. The van der Waals surface area contributed by atoms with E-state index in [2.05, 4.69) is 42.6 Å². The molecule has 1 aromatic heterocycles. The molecule has 6 heteroatoms. The molecule has 1 heterocycles. The first-order valence-corrected chi connectivity index (χ1v) is 8.54. The van der Waals surface area contributed by atoms with Gasteiger partial charge in [0, 0.05) is 22.6 Å². The number of carbonyl (C=O) groups is 1. The van der Waals surface area contributed by atoms with E-state index < -0.39 is 0 Å². The summed E-state index contributed by atoms with van der Waals surface area (Å²) in [5.41, 5.74) is 4.21. The lowest BCUT2D eigenvalue weighted by molar-refractivity contribution is 0.102. The third-order valence-electron chi connectivity index (χ3n) is 3.51. The summed E-state index contributed by atoms with van der Waals surface area (Å²) in [5, 5.41) is 5.97. The minimum Gasteiger partial charge on any atom is -0.323 e. The molecule has 2 aromatic carbocycles. The molecule has 0 bridgehead atoms. The molecule has 3 rings (SSSR count). The third kappa shape index (κ3) is 4.42. The summed E-state index contributed by atoms with van der Waals surface area (Å²) in [6, 6.07) is 13.6. The highest BCUT2D eigenvalue weighted by molar-refractivity contribution is 9.10. The van der Waals surface area contributed by atoms with Crippen LogP contribution in [0.1, 0.15) is 21.5 Å². The van der Waals surface area contributed by atoms with E-state index in [4.69, 9.17) is 0 Å². The number of carbonyl (C=O) groups excluding carboxylic acids is 1. The van der Waals surface area contributed by atoms with E-state index in [0.717, 1.165) is 27.0 Å². The number of para-hydroxylation sites is 1. The van der Waals surface area contributed by atoms with Gasteiger partial charge in [-0.05, 0) is 65.2 Å². The van der Waals surface area contributed by atoms with Crippen molar-refractivity contribution in [2.45, 2.75) is 13.8 Å². The van der Waals surface area contributed by atoms with Crippen molar-refractivity contribution in [3.8, 4) is 0 Å². The van der Waals surface area contributed by atoms with E-state index >= 15 is 0 Å². The number of anilines is 3. The number of halogens is 1. The number of amides is 1. The van der Waals surface area contributed by atoms with Crippen LogP contribution in [0.25, 0.3) is 0 Å². The Hall–Kier alpha value is -2.73. The second kappa shape index (κ2) is 7.44. The highest BCUT2D eigenvalue weighted by Crippen LogP contribution is 2.23. The highest BCUT2D eigenvalue weighted by Gasteiger charge is 2.09. The second-order valence-electron chi connectivity index (χ2n) is 5.73. The Morgan fingerprint density at radius 2 is 1.64 bits per heavy atom. The van der Waals surface area contributed by atoms with Gasteiger partial charge in [0.2, 0.25) is 5.95 Å². The molecule has 0 spiro atoms. The van der Waals surface area contributed by atoms with E-state index in [9.17, 15) is 4.79 Å². The Bertz CT molecular complexity index is 889. The van der Waals surface area contributed by atoms with Crippen LogP contribution < -0.4 is 10.6 Å². The average Bonchev–Trinajstić information content (AvgIpc) is 2.56. The molecule has 3 aromatic rings. The van der Waals surface area contributed by atoms with Gasteiger partial charge in [0.1, 0.15) is 0 Å². The van der Waals surface area contributed by atoms with Crippen molar-refractivity contribution in [1.29, 1.82) is 0 Å². The Kier molecular flexibility index (Phi) is 5.09.